The molecule has 3 N–H and O–H groups in total. The summed E-state index contributed by atoms with van der Waals surface area (Å²) in [5.41, 5.74) is 2.86. The molecule has 0 aromatic heterocycles. The van der Waals surface area contributed by atoms with E-state index in [2.05, 4.69) is 25.7 Å². The minimum Gasteiger partial charge on any atom is -0.393 e. The molecule has 0 aromatic rings. The van der Waals surface area contributed by atoms with Crippen LogP contribution in [0.25, 0.3) is 0 Å². The Bertz CT molecular complexity index is 656. The van der Waals surface area contributed by atoms with Crippen LogP contribution >= 0.6 is 0 Å². The van der Waals surface area contributed by atoms with Crippen LogP contribution in [0, 0.1) is 17.3 Å². The van der Waals surface area contributed by atoms with Crippen molar-refractivity contribution in [3.8, 4) is 0 Å². The van der Waals surface area contributed by atoms with Crippen LogP contribution in [0.4, 0.5) is 0 Å². The Hall–Kier alpha value is -0.940. The van der Waals surface area contributed by atoms with Gasteiger partial charge in [-0.05, 0) is 87.2 Å². The normalized spacial score (nSPS) is 38.6. The summed E-state index contributed by atoms with van der Waals surface area (Å²) in [5, 5.41) is 29.9. The molecule has 3 aliphatic carbocycles. The Kier molecular flexibility index (Phi) is 7.10. The molecule has 0 radical (unpaired) electrons. The average Bonchev–Trinajstić information content (AvgIpc) is 2.96. The predicted octanol–water partition coefficient (Wildman–Crippen LogP) is 4.31. The molecule has 164 valence electrons. The number of ether oxygens (including phenoxy) is 1. The lowest BCUT2D eigenvalue weighted by Crippen LogP contribution is -2.35. The quantitative estimate of drug-likeness (QED) is 0.577. The fraction of sp³-hybridized carbons (Fsp3) is 0.760. The van der Waals surface area contributed by atoms with Crippen LogP contribution in [0.2, 0.25) is 0 Å². The van der Waals surface area contributed by atoms with Crippen molar-refractivity contribution >= 4 is 0 Å². The smallest absolute Gasteiger partial charge is 0.0811 e. The predicted molar refractivity (Wildman–Crippen MR) is 116 cm³/mol. The molecular weight excluding hydrogens is 364 g/mol. The number of aliphatic hydroxyl groups is 3. The molecule has 0 aromatic carbocycles. The summed E-state index contributed by atoms with van der Waals surface area (Å²) < 4.78 is 5.98. The van der Waals surface area contributed by atoms with E-state index in [4.69, 9.17) is 4.74 Å². The van der Waals surface area contributed by atoms with Gasteiger partial charge in [0.2, 0.25) is 0 Å². The standard InChI is InChI=1S/C25H40O4/c1-17-19(14-21(26)15-23(17)27)8-7-18-6-5-11-25(4)20(9-10-22(18)25)16-29-13-12-24(2,3)28/h7-8,20-23,26-28H,1,5-6,9-16H2,2-4H3/b18-7+,19-8+/t20?,21?,22?,23-,25?/m0/s1. The Labute approximate surface area is 176 Å². The molecule has 0 spiro atoms. The van der Waals surface area contributed by atoms with Crippen LogP contribution in [-0.4, -0.2) is 46.3 Å². The van der Waals surface area contributed by atoms with Crippen LogP contribution < -0.4 is 0 Å². The molecule has 0 aliphatic heterocycles. The van der Waals surface area contributed by atoms with Crippen molar-refractivity contribution in [1.29, 1.82) is 0 Å². The highest BCUT2D eigenvalue weighted by molar-refractivity contribution is 5.38. The lowest BCUT2D eigenvalue weighted by Gasteiger charge is -2.42. The topological polar surface area (TPSA) is 69.9 Å². The molecule has 0 bridgehead atoms. The Morgan fingerprint density at radius 1 is 1.24 bits per heavy atom. The zero-order chi connectivity index (χ0) is 21.2. The number of allylic oxidation sites excluding steroid dienone is 3. The minimum atomic E-state index is -0.666. The maximum absolute atomic E-state index is 10.1. The van der Waals surface area contributed by atoms with Crippen molar-refractivity contribution in [1.82, 2.24) is 0 Å². The van der Waals surface area contributed by atoms with E-state index >= 15 is 0 Å². The zero-order valence-corrected chi connectivity index (χ0v) is 18.5. The van der Waals surface area contributed by atoms with Gasteiger partial charge in [-0.2, -0.15) is 0 Å². The summed E-state index contributed by atoms with van der Waals surface area (Å²) in [6.45, 7) is 11.5. The first-order chi connectivity index (χ1) is 13.6. The Balaban J connectivity index is 1.65. The highest BCUT2D eigenvalue weighted by Gasteiger charge is 2.49. The molecule has 4 heteroatoms. The molecule has 3 aliphatic rings. The zero-order valence-electron chi connectivity index (χ0n) is 18.5. The third kappa shape index (κ3) is 5.41. The van der Waals surface area contributed by atoms with Crippen molar-refractivity contribution in [3.05, 3.63) is 35.5 Å². The molecular formula is C25H40O4. The van der Waals surface area contributed by atoms with Crippen LogP contribution in [-0.2, 0) is 4.74 Å². The van der Waals surface area contributed by atoms with Gasteiger partial charge in [-0.25, -0.2) is 0 Å². The maximum atomic E-state index is 10.1. The van der Waals surface area contributed by atoms with Gasteiger partial charge < -0.3 is 20.1 Å². The molecule has 0 saturated heterocycles. The van der Waals surface area contributed by atoms with Crippen molar-refractivity contribution < 1.29 is 20.1 Å². The lowest BCUT2D eigenvalue weighted by atomic mass is 9.63. The number of rotatable bonds is 6. The second-order valence-corrected chi connectivity index (χ2v) is 10.4. The molecule has 4 nitrogen and oxygen atoms in total. The second-order valence-electron chi connectivity index (χ2n) is 10.4. The molecule has 5 atom stereocenters. The van der Waals surface area contributed by atoms with Crippen LogP contribution in [0.1, 0.15) is 72.1 Å². The van der Waals surface area contributed by atoms with E-state index in [9.17, 15) is 15.3 Å². The third-order valence-electron chi connectivity index (χ3n) is 7.60. The molecule has 3 saturated carbocycles. The van der Waals surface area contributed by atoms with Crippen LogP contribution in [0.15, 0.2) is 35.5 Å². The van der Waals surface area contributed by atoms with Gasteiger partial charge in [-0.15, -0.1) is 0 Å². The second kappa shape index (κ2) is 9.05. The largest absolute Gasteiger partial charge is 0.393 e. The summed E-state index contributed by atoms with van der Waals surface area (Å²) >= 11 is 0. The highest BCUT2D eigenvalue weighted by atomic mass is 16.5. The Morgan fingerprint density at radius 3 is 2.72 bits per heavy atom. The van der Waals surface area contributed by atoms with E-state index in [1.165, 1.54) is 31.3 Å². The average molecular weight is 405 g/mol. The third-order valence-corrected chi connectivity index (χ3v) is 7.60. The molecule has 0 heterocycles. The molecule has 0 amide bonds. The maximum Gasteiger partial charge on any atom is 0.0811 e. The summed E-state index contributed by atoms with van der Waals surface area (Å²) in [7, 11) is 0. The van der Waals surface area contributed by atoms with Gasteiger partial charge in [-0.1, -0.05) is 31.2 Å². The van der Waals surface area contributed by atoms with E-state index < -0.39 is 17.8 Å². The van der Waals surface area contributed by atoms with Gasteiger partial charge in [0.1, 0.15) is 0 Å². The molecule has 4 unspecified atom stereocenters. The SMILES string of the molecule is C=C1/C(=C/C=C2\CCCC3(C)C(COCCC(C)(C)O)CCC23)CC(O)C[C@@H]1O. The lowest BCUT2D eigenvalue weighted by molar-refractivity contribution is -0.000951. The molecule has 29 heavy (non-hydrogen) atoms. The first-order valence-corrected chi connectivity index (χ1v) is 11.3. The van der Waals surface area contributed by atoms with E-state index in [1.807, 2.05) is 13.8 Å². The summed E-state index contributed by atoms with van der Waals surface area (Å²) in [6, 6.07) is 0. The number of hydrogen-bond acceptors (Lipinski definition) is 4. The number of hydrogen-bond donors (Lipinski definition) is 3. The van der Waals surface area contributed by atoms with Crippen molar-refractivity contribution in [2.45, 2.75) is 89.9 Å². The fourth-order valence-corrected chi connectivity index (χ4v) is 5.63. The number of fused-ring (bicyclic) bond motifs is 1. The van der Waals surface area contributed by atoms with Gasteiger partial charge in [0.05, 0.1) is 17.8 Å². The minimum absolute atomic E-state index is 0.278. The monoisotopic (exact) mass is 404 g/mol. The van der Waals surface area contributed by atoms with Crippen LogP contribution in [0.5, 0.6) is 0 Å². The van der Waals surface area contributed by atoms with E-state index in [-0.39, 0.29) is 5.41 Å². The van der Waals surface area contributed by atoms with Crippen molar-refractivity contribution in [3.63, 3.8) is 0 Å². The van der Waals surface area contributed by atoms with E-state index in [1.54, 1.807) is 0 Å². The van der Waals surface area contributed by atoms with Gasteiger partial charge in [-0.3, -0.25) is 0 Å². The van der Waals surface area contributed by atoms with Gasteiger partial charge in [0.25, 0.3) is 0 Å². The van der Waals surface area contributed by atoms with Gasteiger partial charge in [0.15, 0.2) is 0 Å². The van der Waals surface area contributed by atoms with Gasteiger partial charge >= 0.3 is 0 Å². The highest BCUT2D eigenvalue weighted by Crippen LogP contribution is 2.57. The summed E-state index contributed by atoms with van der Waals surface area (Å²) in [5.74, 6) is 1.15. The Morgan fingerprint density at radius 2 is 2.00 bits per heavy atom. The fourth-order valence-electron chi connectivity index (χ4n) is 5.63. The van der Waals surface area contributed by atoms with E-state index in [0.29, 0.717) is 37.7 Å². The summed E-state index contributed by atoms with van der Waals surface area (Å²) in [6.07, 6.45) is 10.9. The first-order valence-electron chi connectivity index (χ1n) is 11.3. The number of aliphatic hydroxyl groups excluding tert-OH is 2. The van der Waals surface area contributed by atoms with E-state index in [0.717, 1.165) is 24.2 Å². The van der Waals surface area contributed by atoms with Crippen molar-refractivity contribution in [2.75, 3.05) is 13.2 Å². The van der Waals surface area contributed by atoms with Crippen molar-refractivity contribution in [2.24, 2.45) is 17.3 Å². The molecule has 3 rings (SSSR count). The first kappa shape index (κ1) is 22.7. The summed E-state index contributed by atoms with van der Waals surface area (Å²) in [4.78, 5) is 0. The van der Waals surface area contributed by atoms with Gasteiger partial charge in [0, 0.05) is 19.6 Å². The molecule has 3 fully saturated rings. The van der Waals surface area contributed by atoms with Crippen LogP contribution in [0.3, 0.4) is 0 Å².